The number of carboxylic acid groups (broad SMARTS) is 2. The Morgan fingerprint density at radius 1 is 0.927 bits per heavy atom. The molecule has 0 aromatic heterocycles. The van der Waals surface area contributed by atoms with Gasteiger partial charge in [-0.15, -0.1) is 0 Å². The van der Waals surface area contributed by atoms with Crippen LogP contribution in [0.2, 0.25) is 0 Å². The molecule has 1 aliphatic heterocycles. The molecule has 230 valence electrons. The van der Waals surface area contributed by atoms with Crippen LogP contribution in [0, 0.1) is 0 Å². The lowest BCUT2D eigenvalue weighted by molar-refractivity contribution is -0.150. The summed E-state index contributed by atoms with van der Waals surface area (Å²) in [7, 11) is 0. The van der Waals surface area contributed by atoms with Gasteiger partial charge < -0.3 is 58.7 Å². The van der Waals surface area contributed by atoms with Gasteiger partial charge in [0.1, 0.15) is 24.2 Å². The lowest BCUT2D eigenvalue weighted by Gasteiger charge is -2.27. The van der Waals surface area contributed by atoms with Crippen molar-refractivity contribution in [2.24, 2.45) is 22.2 Å². The molecule has 0 bridgehead atoms. The first kappa shape index (κ1) is 34.5. The van der Waals surface area contributed by atoms with Gasteiger partial charge in [0.15, 0.2) is 5.96 Å². The van der Waals surface area contributed by atoms with Gasteiger partial charge in [-0.2, -0.15) is 0 Å². The van der Waals surface area contributed by atoms with Gasteiger partial charge in [-0.05, 0) is 25.7 Å². The van der Waals surface area contributed by atoms with Crippen molar-refractivity contribution in [2.45, 2.75) is 56.3 Å². The van der Waals surface area contributed by atoms with Crippen LogP contribution < -0.4 is 38.5 Å². The molecular weight excluding hydrogens is 550 g/mol. The second-order valence-corrected chi connectivity index (χ2v) is 8.98. The van der Waals surface area contributed by atoms with Gasteiger partial charge in [0.25, 0.3) is 0 Å². The minimum atomic E-state index is -1.72. The van der Waals surface area contributed by atoms with Crippen molar-refractivity contribution in [3.05, 3.63) is 0 Å². The maximum atomic E-state index is 12.8. The monoisotopic (exact) mass is 587 g/mol. The third-order valence-electron chi connectivity index (χ3n) is 5.85. The predicted octanol–water partition coefficient (Wildman–Crippen LogP) is -5.89. The third-order valence-corrected chi connectivity index (χ3v) is 5.85. The summed E-state index contributed by atoms with van der Waals surface area (Å²) in [6.45, 7) is -1.81. The summed E-state index contributed by atoms with van der Waals surface area (Å²) in [6.07, 6.45) is 0.0216. The Morgan fingerprint density at radius 3 is 2.15 bits per heavy atom. The number of aliphatic carboxylic acids is 2. The number of nitrogens with one attached hydrogen (secondary N) is 4. The quantitative estimate of drug-likeness (QED) is 0.0431. The molecular formula is C22H37N9O10. The number of carbonyl (C=O) groups excluding carboxylic acids is 5. The summed E-state index contributed by atoms with van der Waals surface area (Å²) < 4.78 is 0. The van der Waals surface area contributed by atoms with Gasteiger partial charge >= 0.3 is 11.9 Å². The first-order chi connectivity index (χ1) is 19.3. The Hall–Kier alpha value is -4.52. The number of guanidine groups is 1. The molecule has 0 aromatic rings. The van der Waals surface area contributed by atoms with Crippen molar-refractivity contribution in [2.75, 3.05) is 32.8 Å². The molecule has 0 spiro atoms. The van der Waals surface area contributed by atoms with Gasteiger partial charge in [-0.1, -0.05) is 0 Å². The van der Waals surface area contributed by atoms with E-state index in [1.165, 1.54) is 0 Å². The number of hydrogen-bond acceptors (Lipinski definition) is 10. The SMILES string of the molecule is NCC(=O)N[C@H](CCCN=C(N)N)C(=O)NCC(=O)N[C@@H](CC(=O)O)C(=O)N[C@@H](CO)C(=O)N1CCC[C@H]1C(=O)O. The number of nitrogens with zero attached hydrogens (tertiary/aromatic N) is 2. The Balaban J connectivity index is 2.82. The number of nitrogens with two attached hydrogens (primary N) is 3. The molecule has 19 nitrogen and oxygen atoms in total. The van der Waals surface area contributed by atoms with Gasteiger partial charge in [0, 0.05) is 13.1 Å². The number of carbonyl (C=O) groups is 7. The average Bonchev–Trinajstić information content (AvgIpc) is 3.41. The van der Waals surface area contributed by atoms with Gasteiger partial charge in [0.2, 0.25) is 29.5 Å². The predicted molar refractivity (Wildman–Crippen MR) is 139 cm³/mol. The first-order valence-corrected chi connectivity index (χ1v) is 12.6. The summed E-state index contributed by atoms with van der Waals surface area (Å²) in [4.78, 5) is 89.6. The van der Waals surface area contributed by atoms with E-state index in [4.69, 9.17) is 17.2 Å². The number of aliphatic hydroxyl groups is 1. The van der Waals surface area contributed by atoms with Crippen LogP contribution in [0.4, 0.5) is 0 Å². The Kier molecular flexibility index (Phi) is 14.5. The number of hydrogen-bond donors (Lipinski definition) is 10. The van der Waals surface area contributed by atoms with Crippen molar-refractivity contribution in [3.63, 3.8) is 0 Å². The largest absolute Gasteiger partial charge is 0.481 e. The van der Waals surface area contributed by atoms with E-state index in [0.717, 1.165) is 4.90 Å². The standard InChI is InChI=1S/C22H37N9O10/c23-8-15(33)28-11(3-1-5-26-22(24)25)18(37)27-9-16(34)29-12(7-17(35)36)19(38)30-13(10-32)20(39)31-6-2-4-14(31)21(40)41/h11-14,32H,1-10,23H2,(H,27,37)(H,28,33)(H,29,34)(H,30,38)(H,35,36)(H,40,41)(H4,24,25,26)/t11-,12+,13+,14+/m1/s1. The lowest BCUT2D eigenvalue weighted by atomic mass is 10.1. The number of amides is 5. The molecule has 0 unspecified atom stereocenters. The van der Waals surface area contributed by atoms with E-state index in [2.05, 4.69) is 26.3 Å². The van der Waals surface area contributed by atoms with Crippen LogP contribution in [0.5, 0.6) is 0 Å². The van der Waals surface area contributed by atoms with Crippen LogP contribution in [-0.2, 0) is 33.6 Å². The highest BCUT2D eigenvalue weighted by atomic mass is 16.4. The fraction of sp³-hybridized carbons (Fsp3) is 0.636. The summed E-state index contributed by atoms with van der Waals surface area (Å²) in [5.41, 5.74) is 15.7. The molecule has 1 heterocycles. The number of aliphatic imine (C=N–C) groups is 1. The van der Waals surface area contributed by atoms with Crippen molar-refractivity contribution >= 4 is 47.4 Å². The van der Waals surface area contributed by atoms with Crippen LogP contribution in [0.1, 0.15) is 32.1 Å². The van der Waals surface area contributed by atoms with Crippen molar-refractivity contribution in [1.82, 2.24) is 26.2 Å². The smallest absolute Gasteiger partial charge is 0.326 e. The molecule has 0 aliphatic carbocycles. The molecule has 1 fully saturated rings. The minimum Gasteiger partial charge on any atom is -0.481 e. The molecule has 0 radical (unpaired) electrons. The first-order valence-electron chi connectivity index (χ1n) is 12.6. The van der Waals surface area contributed by atoms with Crippen LogP contribution in [0.25, 0.3) is 0 Å². The summed E-state index contributed by atoms with van der Waals surface area (Å²) in [5.74, 6) is -7.35. The molecule has 1 aliphatic rings. The van der Waals surface area contributed by atoms with E-state index in [1.807, 2.05) is 0 Å². The Labute approximate surface area is 234 Å². The molecule has 13 N–H and O–H groups in total. The number of rotatable bonds is 17. The zero-order chi connectivity index (χ0) is 31.1. The van der Waals surface area contributed by atoms with E-state index in [0.29, 0.717) is 6.42 Å². The van der Waals surface area contributed by atoms with E-state index in [9.17, 15) is 48.9 Å². The van der Waals surface area contributed by atoms with E-state index in [1.54, 1.807) is 0 Å². The van der Waals surface area contributed by atoms with E-state index < -0.39 is 91.8 Å². The van der Waals surface area contributed by atoms with E-state index >= 15 is 0 Å². The maximum absolute atomic E-state index is 12.8. The van der Waals surface area contributed by atoms with Crippen molar-refractivity contribution < 1.29 is 48.9 Å². The van der Waals surface area contributed by atoms with E-state index in [-0.39, 0.29) is 38.3 Å². The lowest BCUT2D eigenvalue weighted by Crippen LogP contribution is -2.58. The molecule has 1 saturated heterocycles. The molecule has 1 rings (SSSR count). The summed E-state index contributed by atoms with van der Waals surface area (Å²) in [5, 5.41) is 37.0. The summed E-state index contributed by atoms with van der Waals surface area (Å²) in [6, 6.07) is -5.57. The fourth-order valence-electron chi connectivity index (χ4n) is 3.89. The molecule has 5 amide bonds. The number of carboxylic acids is 2. The molecule has 4 atom stereocenters. The Morgan fingerprint density at radius 2 is 1.59 bits per heavy atom. The van der Waals surface area contributed by atoms with Crippen LogP contribution in [0.15, 0.2) is 4.99 Å². The molecule has 19 heteroatoms. The van der Waals surface area contributed by atoms with Crippen LogP contribution in [-0.4, -0.2) is 125 Å². The zero-order valence-corrected chi connectivity index (χ0v) is 22.2. The minimum absolute atomic E-state index is 0.0797. The normalized spacial score (nSPS) is 16.4. The Bertz CT molecular complexity index is 1020. The van der Waals surface area contributed by atoms with Crippen LogP contribution >= 0.6 is 0 Å². The van der Waals surface area contributed by atoms with Gasteiger partial charge in [0.05, 0.1) is 26.1 Å². The van der Waals surface area contributed by atoms with Crippen LogP contribution in [0.3, 0.4) is 0 Å². The topological polar surface area (TPSA) is 322 Å². The van der Waals surface area contributed by atoms with Gasteiger partial charge in [-0.3, -0.25) is 33.8 Å². The molecule has 0 aromatic carbocycles. The van der Waals surface area contributed by atoms with Gasteiger partial charge in [-0.25, -0.2) is 4.79 Å². The highest BCUT2D eigenvalue weighted by Gasteiger charge is 2.38. The third kappa shape index (κ3) is 12.0. The highest BCUT2D eigenvalue weighted by Crippen LogP contribution is 2.18. The molecule has 0 saturated carbocycles. The second kappa shape index (κ2) is 17.2. The average molecular weight is 588 g/mol. The number of likely N-dealkylation sites (tertiary alicyclic amines) is 1. The maximum Gasteiger partial charge on any atom is 0.326 e. The molecule has 41 heavy (non-hydrogen) atoms. The second-order valence-electron chi connectivity index (χ2n) is 8.98. The highest BCUT2D eigenvalue weighted by molar-refractivity contribution is 5.96. The summed E-state index contributed by atoms with van der Waals surface area (Å²) >= 11 is 0. The van der Waals surface area contributed by atoms with Crippen molar-refractivity contribution in [1.29, 1.82) is 0 Å². The van der Waals surface area contributed by atoms with Crippen molar-refractivity contribution in [3.8, 4) is 0 Å². The number of aliphatic hydroxyl groups excluding tert-OH is 1. The zero-order valence-electron chi connectivity index (χ0n) is 22.2. The fourth-order valence-corrected chi connectivity index (χ4v) is 3.89.